The van der Waals surface area contributed by atoms with Gasteiger partial charge in [-0.25, -0.2) is 18.6 Å². The molecule has 0 aromatic heterocycles. The molecule has 0 heterocycles. The van der Waals surface area contributed by atoms with Gasteiger partial charge >= 0.3 is 5.97 Å². The first-order valence-electron chi connectivity index (χ1n) is 3.89. The van der Waals surface area contributed by atoms with Gasteiger partial charge in [0.2, 0.25) is 0 Å². The fraction of sp³-hybridized carbons (Fsp3) is 0.833. The number of esters is 1. The van der Waals surface area contributed by atoms with Crippen molar-refractivity contribution < 1.29 is 48.9 Å². The predicted octanol–water partition coefficient (Wildman–Crippen LogP) is -5.95. The van der Waals surface area contributed by atoms with E-state index in [2.05, 4.69) is 10.5 Å². The smallest absolute Gasteiger partial charge is 0.302 e. The molecule has 0 aliphatic heterocycles. The van der Waals surface area contributed by atoms with Crippen LogP contribution >= 0.6 is 0 Å². The van der Waals surface area contributed by atoms with E-state index in [1.165, 1.54) is 6.92 Å². The van der Waals surface area contributed by atoms with Crippen molar-refractivity contribution in [3.05, 3.63) is 0 Å². The molecular weight excluding hydrogens is 234 g/mol. The molecule has 0 atom stereocenters. The monoisotopic (exact) mass is 247 g/mol. The molecule has 0 saturated heterocycles. The number of halogens is 1. The van der Waals surface area contributed by atoms with Crippen LogP contribution in [-0.2, 0) is 14.3 Å². The second kappa shape index (κ2) is 10.1. The van der Waals surface area contributed by atoms with E-state index in [0.29, 0.717) is 19.8 Å². The second-order valence-electron chi connectivity index (χ2n) is 2.18. The molecule has 15 heavy (non-hydrogen) atoms. The Kier molecular flexibility index (Phi) is 11.3. The predicted molar refractivity (Wildman–Crippen MR) is 35.2 cm³/mol. The molecule has 92 valence electrons. The minimum absolute atomic E-state index is 0.266. The van der Waals surface area contributed by atoms with Gasteiger partial charge in [-0.2, -0.15) is 0 Å². The summed E-state index contributed by atoms with van der Waals surface area (Å²) in [6.07, 6.45) is 0. The number of carbonyl (C=O) groups is 1. The lowest BCUT2D eigenvalue weighted by atomic mass is 10.7. The zero-order chi connectivity index (χ0) is 12.3. The van der Waals surface area contributed by atoms with Crippen molar-refractivity contribution in [3.63, 3.8) is 0 Å². The lowest BCUT2D eigenvalue weighted by Gasteiger charge is -2.17. The van der Waals surface area contributed by atoms with E-state index in [9.17, 15) is 4.79 Å². The van der Waals surface area contributed by atoms with Crippen LogP contribution < -0.4 is 24.4 Å². The van der Waals surface area contributed by atoms with Crippen molar-refractivity contribution >= 4 is 5.97 Å². The van der Waals surface area contributed by atoms with Crippen molar-refractivity contribution in [2.24, 2.45) is 0 Å². The average molecular weight is 248 g/mol. The zero-order valence-corrected chi connectivity index (χ0v) is 9.03. The Balaban J connectivity index is 0. The van der Waals surface area contributed by atoms with E-state index in [-0.39, 0.29) is 5.97 Å². The van der Waals surface area contributed by atoms with Crippen LogP contribution in [0.1, 0.15) is 6.92 Å². The number of hydrogen-bond acceptors (Lipinski definition) is 7. The van der Waals surface area contributed by atoms with Crippen LogP contribution in [-0.4, -0.2) is 32.3 Å². The highest BCUT2D eigenvalue weighted by Crippen LogP contribution is 1.77. The molecule has 0 aromatic rings. The second-order valence-corrected chi connectivity index (χ2v) is 2.94. The van der Waals surface area contributed by atoms with E-state index in [1.807, 2.05) is 0 Å². The van der Waals surface area contributed by atoms with E-state index in [1.54, 1.807) is 0 Å². The third-order valence-electron chi connectivity index (χ3n) is 0.822. The summed E-state index contributed by atoms with van der Waals surface area (Å²) in [6.45, 7) is 3.56. The minimum atomic E-state index is -4.94. The van der Waals surface area contributed by atoms with Crippen LogP contribution in [0.2, 0.25) is 0 Å². The van der Waals surface area contributed by atoms with Crippen LogP contribution in [0, 0.1) is 10.2 Å². The van der Waals surface area contributed by atoms with Gasteiger partial charge in [0, 0.05) is 6.92 Å². The van der Waals surface area contributed by atoms with Gasteiger partial charge in [-0.3, -0.25) is 4.79 Å². The highest BCUT2D eigenvalue weighted by Gasteiger charge is 1.91. The number of rotatable bonds is 5. The Morgan fingerprint density at radius 1 is 1.20 bits per heavy atom. The quantitative estimate of drug-likeness (QED) is 0.374. The van der Waals surface area contributed by atoms with Gasteiger partial charge in [0.15, 0.2) is 0 Å². The third-order valence-corrected chi connectivity index (χ3v) is 0.822. The minimum Gasteiger partial charge on any atom is -0.463 e. The van der Waals surface area contributed by atoms with Crippen LogP contribution in [0.25, 0.3) is 0 Å². The van der Waals surface area contributed by atoms with E-state index in [0.717, 1.165) is 6.54 Å². The molecule has 0 bridgehead atoms. The van der Waals surface area contributed by atoms with Gasteiger partial charge in [-0.05, 0) is 0 Å². The Morgan fingerprint density at radius 3 is 2.00 bits per heavy atom. The first kappa shape index (κ1) is 16.9. The fourth-order valence-electron chi connectivity index (χ4n) is 0.448. The fourth-order valence-corrected chi connectivity index (χ4v) is 0.448. The van der Waals surface area contributed by atoms with Gasteiger partial charge in [-0.1, -0.05) is 0 Å². The molecule has 0 rings (SSSR count). The van der Waals surface area contributed by atoms with Gasteiger partial charge in [0.25, 0.3) is 0 Å². The van der Waals surface area contributed by atoms with Crippen LogP contribution in [0.15, 0.2) is 0 Å². The highest BCUT2D eigenvalue weighted by molar-refractivity contribution is 5.65. The maximum Gasteiger partial charge on any atom is 0.302 e. The summed E-state index contributed by atoms with van der Waals surface area (Å²) in [6, 6.07) is 0. The van der Waals surface area contributed by atoms with Crippen LogP contribution in [0.5, 0.6) is 0 Å². The molecule has 0 unspecified atom stereocenters. The Bertz CT molecular complexity index is 154. The Morgan fingerprint density at radius 2 is 1.67 bits per heavy atom. The zero-order valence-electron chi connectivity index (χ0n) is 8.27. The number of hydrogen-bond donors (Lipinski definition) is 1. The van der Waals surface area contributed by atoms with Crippen molar-refractivity contribution in [1.29, 1.82) is 0 Å². The van der Waals surface area contributed by atoms with Crippen LogP contribution in [0.3, 0.4) is 0 Å². The maximum atomic E-state index is 10.2. The van der Waals surface area contributed by atoms with Crippen molar-refractivity contribution in [2.75, 3.05) is 26.4 Å². The molecule has 0 aromatic carbocycles. The summed E-state index contributed by atoms with van der Waals surface area (Å²) in [5.74, 6) is -0.266. The number of quaternary nitrogens is 1. The molecule has 0 aliphatic rings. The first-order valence-corrected chi connectivity index (χ1v) is 5.13. The normalized spacial score (nSPS) is 10.3. The standard InChI is InChI=1S/C6H13NO3.ClHO4/c1-6(8)10-5-4-9-3-2-7;2-1(3,4)5/h2-5,7H2,1H3;(H,2,3,4,5). The summed E-state index contributed by atoms with van der Waals surface area (Å²) >= 11 is 0. The topological polar surface area (TPSA) is 155 Å². The Hall–Kier alpha value is -0.480. The SMILES string of the molecule is CC(=O)OCCOCC[NH3+].[O-][Cl+3]([O-])([O-])[O-]. The summed E-state index contributed by atoms with van der Waals surface area (Å²) < 4.78 is 43.6. The molecule has 0 radical (unpaired) electrons. The molecule has 0 aliphatic carbocycles. The molecular formula is C6H14ClNO7. The molecule has 0 fully saturated rings. The van der Waals surface area contributed by atoms with Crippen LogP contribution in [0.4, 0.5) is 0 Å². The molecule has 0 amide bonds. The maximum absolute atomic E-state index is 10.2. The van der Waals surface area contributed by atoms with Gasteiger partial charge < -0.3 is 15.2 Å². The highest BCUT2D eigenvalue weighted by atomic mass is 35.7. The Labute approximate surface area is 88.9 Å². The van der Waals surface area contributed by atoms with E-state index >= 15 is 0 Å². The number of carbonyl (C=O) groups excluding carboxylic acids is 1. The molecule has 0 spiro atoms. The molecule has 0 saturated carbocycles. The van der Waals surface area contributed by atoms with Crippen molar-refractivity contribution in [3.8, 4) is 0 Å². The summed E-state index contributed by atoms with van der Waals surface area (Å²) in [7, 11) is -4.94. The summed E-state index contributed by atoms with van der Waals surface area (Å²) in [5, 5.41) is 0. The lowest BCUT2D eigenvalue weighted by Crippen LogP contribution is -2.68. The lowest BCUT2D eigenvalue weighted by molar-refractivity contribution is -2.00. The van der Waals surface area contributed by atoms with E-state index < -0.39 is 10.2 Å². The van der Waals surface area contributed by atoms with Gasteiger partial charge in [0.1, 0.15) is 6.61 Å². The summed E-state index contributed by atoms with van der Waals surface area (Å²) in [5.41, 5.74) is 3.59. The number of ether oxygens (including phenoxy) is 2. The molecule has 9 heteroatoms. The van der Waals surface area contributed by atoms with Gasteiger partial charge in [0.05, 0.1) is 19.8 Å². The third kappa shape index (κ3) is 42.2. The molecule has 8 nitrogen and oxygen atoms in total. The summed E-state index contributed by atoms with van der Waals surface area (Å²) in [4.78, 5) is 10.2. The average Bonchev–Trinajstić information content (AvgIpc) is 2.00. The van der Waals surface area contributed by atoms with Crippen molar-refractivity contribution in [2.45, 2.75) is 6.92 Å². The molecule has 3 N–H and O–H groups in total. The van der Waals surface area contributed by atoms with E-state index in [4.69, 9.17) is 23.4 Å². The first-order chi connectivity index (χ1) is 6.77. The van der Waals surface area contributed by atoms with Crippen molar-refractivity contribution in [1.82, 2.24) is 0 Å². The van der Waals surface area contributed by atoms with Gasteiger partial charge in [-0.15, -0.1) is 10.2 Å². The largest absolute Gasteiger partial charge is 0.463 e.